The summed E-state index contributed by atoms with van der Waals surface area (Å²) < 4.78 is 0.590. The van der Waals surface area contributed by atoms with Crippen molar-refractivity contribution in [3.8, 4) is 0 Å². The number of hydrogen-bond donors (Lipinski definition) is 2. The van der Waals surface area contributed by atoms with E-state index in [9.17, 15) is 19.7 Å². The van der Waals surface area contributed by atoms with Gasteiger partial charge >= 0.3 is 0 Å². The first-order valence-corrected chi connectivity index (χ1v) is 10.3. The molecule has 0 saturated heterocycles. The Balaban J connectivity index is 1.83. The standard InChI is InChI=1S/C24H18BrN3O4/c25-21-11-5-4-10-20(21)23(29)27-22(12-6-9-17-7-2-1-3-8-17)24(30)26-18-13-15-19(16-14-18)28(31)32/h1-16H,(H,26,30)(H,27,29). The third-order valence-corrected chi connectivity index (χ3v) is 4.99. The molecule has 0 aliphatic rings. The van der Waals surface area contributed by atoms with E-state index in [-0.39, 0.29) is 11.4 Å². The normalized spacial score (nSPS) is 11.2. The van der Waals surface area contributed by atoms with Crippen molar-refractivity contribution in [1.82, 2.24) is 5.32 Å². The van der Waals surface area contributed by atoms with Crippen molar-refractivity contribution in [3.63, 3.8) is 0 Å². The smallest absolute Gasteiger partial charge is 0.272 e. The molecule has 0 aromatic heterocycles. The summed E-state index contributed by atoms with van der Waals surface area (Å²) in [4.78, 5) is 35.9. The molecule has 160 valence electrons. The molecule has 2 amide bonds. The van der Waals surface area contributed by atoms with Gasteiger partial charge in [-0.25, -0.2) is 0 Å². The third kappa shape index (κ3) is 6.23. The van der Waals surface area contributed by atoms with E-state index < -0.39 is 16.7 Å². The minimum Gasteiger partial charge on any atom is -0.321 e. The van der Waals surface area contributed by atoms with Crippen LogP contribution in [0.25, 0.3) is 6.08 Å². The van der Waals surface area contributed by atoms with Gasteiger partial charge in [0.1, 0.15) is 5.70 Å². The van der Waals surface area contributed by atoms with Crippen LogP contribution in [-0.2, 0) is 4.79 Å². The number of allylic oxidation sites excluding steroid dienone is 2. The van der Waals surface area contributed by atoms with Gasteiger partial charge in [0.15, 0.2) is 0 Å². The van der Waals surface area contributed by atoms with Crippen LogP contribution in [-0.4, -0.2) is 16.7 Å². The second-order valence-corrected chi connectivity index (χ2v) is 7.40. The van der Waals surface area contributed by atoms with E-state index in [1.807, 2.05) is 30.3 Å². The number of non-ortho nitro benzene ring substituents is 1. The van der Waals surface area contributed by atoms with Gasteiger partial charge in [-0.15, -0.1) is 0 Å². The number of halogens is 1. The molecule has 3 aromatic carbocycles. The Morgan fingerprint density at radius 2 is 1.56 bits per heavy atom. The molecule has 0 radical (unpaired) electrons. The van der Waals surface area contributed by atoms with Gasteiger partial charge in [0.05, 0.1) is 10.5 Å². The molecule has 0 unspecified atom stereocenters. The summed E-state index contributed by atoms with van der Waals surface area (Å²) in [6, 6.07) is 21.7. The van der Waals surface area contributed by atoms with Gasteiger partial charge in [-0.05, 0) is 51.8 Å². The molecule has 0 spiro atoms. The number of amides is 2. The lowest BCUT2D eigenvalue weighted by Crippen LogP contribution is -2.31. The zero-order valence-electron chi connectivity index (χ0n) is 16.7. The molecule has 0 saturated carbocycles. The minimum absolute atomic E-state index is 0.0105. The Morgan fingerprint density at radius 3 is 2.22 bits per heavy atom. The van der Waals surface area contributed by atoms with E-state index in [4.69, 9.17) is 0 Å². The number of nitrogens with one attached hydrogen (secondary N) is 2. The van der Waals surface area contributed by atoms with Crippen LogP contribution in [0.15, 0.2) is 101 Å². The van der Waals surface area contributed by atoms with E-state index in [1.54, 1.807) is 36.4 Å². The van der Waals surface area contributed by atoms with Crippen molar-refractivity contribution in [1.29, 1.82) is 0 Å². The molecule has 3 aromatic rings. The van der Waals surface area contributed by atoms with E-state index >= 15 is 0 Å². The van der Waals surface area contributed by atoms with Crippen LogP contribution in [0.1, 0.15) is 15.9 Å². The van der Waals surface area contributed by atoms with Gasteiger partial charge in [-0.2, -0.15) is 0 Å². The van der Waals surface area contributed by atoms with Crippen LogP contribution in [0, 0.1) is 10.1 Å². The Labute approximate surface area is 192 Å². The Morgan fingerprint density at radius 1 is 0.906 bits per heavy atom. The van der Waals surface area contributed by atoms with E-state index in [1.165, 1.54) is 30.3 Å². The molecule has 0 bridgehead atoms. The lowest BCUT2D eigenvalue weighted by atomic mass is 10.2. The molecule has 0 aliphatic carbocycles. The number of nitro groups is 1. The molecular formula is C24H18BrN3O4. The maximum Gasteiger partial charge on any atom is 0.272 e. The molecule has 0 heterocycles. The van der Waals surface area contributed by atoms with Crippen LogP contribution >= 0.6 is 15.9 Å². The SMILES string of the molecule is O=C(Nc1ccc([N+](=O)[O-])cc1)C(=CC=Cc1ccccc1)NC(=O)c1ccccc1Br. The molecule has 7 nitrogen and oxygen atoms in total. The summed E-state index contributed by atoms with van der Waals surface area (Å²) >= 11 is 3.33. The molecule has 0 fully saturated rings. The summed E-state index contributed by atoms with van der Waals surface area (Å²) in [5, 5.41) is 16.1. The number of nitro benzene ring substituents is 1. The zero-order valence-corrected chi connectivity index (χ0v) is 18.3. The van der Waals surface area contributed by atoms with Crippen molar-refractivity contribution in [2.45, 2.75) is 0 Å². The number of carbonyl (C=O) groups is 2. The largest absolute Gasteiger partial charge is 0.321 e. The van der Waals surface area contributed by atoms with Gasteiger partial charge < -0.3 is 10.6 Å². The van der Waals surface area contributed by atoms with Crippen LogP contribution in [0.4, 0.5) is 11.4 Å². The lowest BCUT2D eigenvalue weighted by Gasteiger charge is -2.11. The summed E-state index contributed by atoms with van der Waals surface area (Å²) in [5.41, 5.74) is 1.57. The predicted molar refractivity (Wildman–Crippen MR) is 127 cm³/mol. The summed E-state index contributed by atoms with van der Waals surface area (Å²) in [6.45, 7) is 0. The van der Waals surface area contributed by atoms with Gasteiger partial charge in [0, 0.05) is 22.3 Å². The quantitative estimate of drug-likeness (QED) is 0.202. The highest BCUT2D eigenvalue weighted by atomic mass is 79.9. The van der Waals surface area contributed by atoms with Crippen molar-refractivity contribution in [2.24, 2.45) is 0 Å². The Kier molecular flexibility index (Phi) is 7.66. The van der Waals surface area contributed by atoms with Gasteiger partial charge in [-0.3, -0.25) is 19.7 Å². The fourth-order valence-corrected chi connectivity index (χ4v) is 3.16. The highest BCUT2D eigenvalue weighted by Crippen LogP contribution is 2.18. The average Bonchev–Trinajstić information content (AvgIpc) is 2.79. The Hall–Kier alpha value is -4.04. The van der Waals surface area contributed by atoms with Crippen molar-refractivity contribution >= 4 is 45.2 Å². The van der Waals surface area contributed by atoms with E-state index in [0.29, 0.717) is 15.7 Å². The predicted octanol–water partition coefficient (Wildman–Crippen LogP) is 5.32. The molecular weight excluding hydrogens is 474 g/mol. The molecule has 3 rings (SSSR count). The topological polar surface area (TPSA) is 101 Å². The van der Waals surface area contributed by atoms with Crippen molar-refractivity contribution in [2.75, 3.05) is 5.32 Å². The van der Waals surface area contributed by atoms with Crippen LogP contribution in [0.2, 0.25) is 0 Å². The first-order chi connectivity index (χ1) is 15.4. The molecule has 0 aliphatic heterocycles. The zero-order chi connectivity index (χ0) is 22.9. The van der Waals surface area contributed by atoms with E-state index in [0.717, 1.165) is 5.56 Å². The minimum atomic E-state index is -0.572. The maximum absolute atomic E-state index is 12.9. The molecule has 0 atom stereocenters. The summed E-state index contributed by atoms with van der Waals surface area (Å²) in [7, 11) is 0. The first kappa shape index (κ1) is 22.6. The highest BCUT2D eigenvalue weighted by Gasteiger charge is 2.16. The van der Waals surface area contributed by atoms with Crippen molar-refractivity contribution < 1.29 is 14.5 Å². The molecule has 2 N–H and O–H groups in total. The monoisotopic (exact) mass is 491 g/mol. The number of carbonyl (C=O) groups excluding carboxylic acids is 2. The van der Waals surface area contributed by atoms with Crippen LogP contribution < -0.4 is 10.6 Å². The second-order valence-electron chi connectivity index (χ2n) is 6.54. The average molecular weight is 492 g/mol. The van der Waals surface area contributed by atoms with Crippen LogP contribution in [0.3, 0.4) is 0 Å². The fourth-order valence-electron chi connectivity index (χ4n) is 2.69. The van der Waals surface area contributed by atoms with Crippen molar-refractivity contribution in [3.05, 3.63) is 122 Å². The first-order valence-electron chi connectivity index (χ1n) is 9.49. The summed E-state index contributed by atoms with van der Waals surface area (Å²) in [6.07, 6.45) is 4.94. The number of hydrogen-bond acceptors (Lipinski definition) is 4. The van der Waals surface area contributed by atoms with E-state index in [2.05, 4.69) is 26.6 Å². The van der Waals surface area contributed by atoms with Gasteiger partial charge in [0.25, 0.3) is 17.5 Å². The third-order valence-electron chi connectivity index (χ3n) is 4.30. The van der Waals surface area contributed by atoms with Gasteiger partial charge in [-0.1, -0.05) is 54.6 Å². The number of anilines is 1. The number of rotatable bonds is 7. The molecule has 8 heteroatoms. The highest BCUT2D eigenvalue weighted by molar-refractivity contribution is 9.10. The molecule has 32 heavy (non-hydrogen) atoms. The van der Waals surface area contributed by atoms with Gasteiger partial charge in [0.2, 0.25) is 0 Å². The maximum atomic E-state index is 12.9. The second kappa shape index (κ2) is 10.8. The number of benzene rings is 3. The Bertz CT molecular complexity index is 1190. The summed E-state index contributed by atoms with van der Waals surface area (Å²) in [5.74, 6) is -1.03. The fraction of sp³-hybridized carbons (Fsp3) is 0. The lowest BCUT2D eigenvalue weighted by molar-refractivity contribution is -0.384. The number of nitrogens with zero attached hydrogens (tertiary/aromatic N) is 1. The van der Waals surface area contributed by atoms with Crippen LogP contribution in [0.5, 0.6) is 0 Å².